The number of anilines is 1. The number of nitrogens with zero attached hydrogens (tertiary/aromatic N) is 1. The van der Waals surface area contributed by atoms with Gasteiger partial charge in [0.15, 0.2) is 0 Å². The Labute approximate surface area is 127 Å². The van der Waals surface area contributed by atoms with Crippen molar-refractivity contribution < 1.29 is 4.39 Å². The second kappa shape index (κ2) is 5.68. The van der Waals surface area contributed by atoms with Gasteiger partial charge in [0.1, 0.15) is 5.82 Å². The zero-order valence-corrected chi connectivity index (χ0v) is 13.9. The molecule has 0 saturated carbocycles. The third kappa shape index (κ3) is 2.95. The van der Waals surface area contributed by atoms with Crippen LogP contribution >= 0.6 is 15.9 Å². The molecule has 0 atom stereocenters. The number of aromatic nitrogens is 1. The first-order chi connectivity index (χ1) is 9.34. The first kappa shape index (κ1) is 15.2. The number of hydrogen-bond donors (Lipinski definition) is 1. The molecule has 1 N–H and O–H groups in total. The maximum absolute atomic E-state index is 14.2. The SMILES string of the molecule is CCCNc1cc(C(C)(C)C)nc2c(Br)ccc(F)c12. The van der Waals surface area contributed by atoms with Gasteiger partial charge < -0.3 is 5.32 Å². The summed E-state index contributed by atoms with van der Waals surface area (Å²) in [5.41, 5.74) is 2.37. The highest BCUT2D eigenvalue weighted by Crippen LogP contribution is 2.34. The summed E-state index contributed by atoms with van der Waals surface area (Å²) in [6, 6.07) is 5.15. The summed E-state index contributed by atoms with van der Waals surface area (Å²) in [5.74, 6) is -0.241. The summed E-state index contributed by atoms with van der Waals surface area (Å²) in [6.07, 6.45) is 0.990. The molecule has 2 nitrogen and oxygen atoms in total. The van der Waals surface area contributed by atoms with E-state index in [0.717, 1.165) is 28.8 Å². The lowest BCUT2D eigenvalue weighted by molar-refractivity contribution is 0.571. The molecular formula is C16H20BrFN2. The fourth-order valence-electron chi connectivity index (χ4n) is 2.05. The van der Waals surface area contributed by atoms with Gasteiger partial charge in [0.05, 0.1) is 10.9 Å². The summed E-state index contributed by atoms with van der Waals surface area (Å²) >= 11 is 3.48. The van der Waals surface area contributed by atoms with E-state index in [1.165, 1.54) is 6.07 Å². The van der Waals surface area contributed by atoms with Crippen molar-refractivity contribution in [2.75, 3.05) is 11.9 Å². The minimum atomic E-state index is -0.241. The topological polar surface area (TPSA) is 24.9 Å². The highest BCUT2D eigenvalue weighted by molar-refractivity contribution is 9.10. The van der Waals surface area contributed by atoms with E-state index in [2.05, 4.69) is 53.9 Å². The molecule has 0 aliphatic carbocycles. The molecule has 2 rings (SSSR count). The van der Waals surface area contributed by atoms with Crippen LogP contribution in [0.15, 0.2) is 22.7 Å². The van der Waals surface area contributed by atoms with Crippen LogP contribution in [0.4, 0.5) is 10.1 Å². The molecule has 1 aromatic carbocycles. The van der Waals surface area contributed by atoms with E-state index >= 15 is 0 Å². The fraction of sp³-hybridized carbons (Fsp3) is 0.438. The number of halogens is 2. The second-order valence-corrected chi connectivity index (χ2v) is 6.84. The van der Waals surface area contributed by atoms with Gasteiger partial charge >= 0.3 is 0 Å². The number of rotatable bonds is 3. The smallest absolute Gasteiger partial charge is 0.134 e. The molecule has 2 aromatic rings. The van der Waals surface area contributed by atoms with Gasteiger partial charge in [-0.25, -0.2) is 4.39 Å². The summed E-state index contributed by atoms with van der Waals surface area (Å²) in [4.78, 5) is 4.65. The van der Waals surface area contributed by atoms with E-state index in [1.807, 2.05) is 6.07 Å². The average Bonchev–Trinajstić information content (AvgIpc) is 2.39. The van der Waals surface area contributed by atoms with Crippen LogP contribution in [0.2, 0.25) is 0 Å². The molecule has 0 saturated heterocycles. The van der Waals surface area contributed by atoms with Crippen LogP contribution < -0.4 is 5.32 Å². The van der Waals surface area contributed by atoms with E-state index in [-0.39, 0.29) is 11.2 Å². The Balaban J connectivity index is 2.74. The van der Waals surface area contributed by atoms with E-state index in [4.69, 9.17) is 0 Å². The minimum absolute atomic E-state index is 0.0808. The van der Waals surface area contributed by atoms with Gasteiger partial charge in [-0.1, -0.05) is 27.7 Å². The van der Waals surface area contributed by atoms with Crippen molar-refractivity contribution in [1.29, 1.82) is 0 Å². The summed E-state index contributed by atoms with van der Waals surface area (Å²) in [7, 11) is 0. The van der Waals surface area contributed by atoms with Gasteiger partial charge in [0, 0.05) is 27.8 Å². The van der Waals surface area contributed by atoms with Crippen LogP contribution in [0.25, 0.3) is 10.9 Å². The van der Waals surface area contributed by atoms with Gasteiger partial charge in [0.25, 0.3) is 0 Å². The molecule has 0 aliphatic heterocycles. The molecule has 0 amide bonds. The molecular weight excluding hydrogens is 319 g/mol. The molecule has 0 radical (unpaired) electrons. The van der Waals surface area contributed by atoms with Gasteiger partial charge in [-0.3, -0.25) is 4.98 Å². The highest BCUT2D eigenvalue weighted by Gasteiger charge is 2.20. The Kier molecular flexibility index (Phi) is 4.33. The van der Waals surface area contributed by atoms with Crippen molar-refractivity contribution in [3.63, 3.8) is 0 Å². The zero-order valence-electron chi connectivity index (χ0n) is 12.3. The zero-order chi connectivity index (χ0) is 14.9. The number of fused-ring (bicyclic) bond motifs is 1. The van der Waals surface area contributed by atoms with Crippen LogP contribution in [0.5, 0.6) is 0 Å². The van der Waals surface area contributed by atoms with Crippen molar-refractivity contribution in [2.45, 2.75) is 39.5 Å². The quantitative estimate of drug-likeness (QED) is 0.825. The predicted octanol–water partition coefficient (Wildman–Crippen LogP) is 5.26. The van der Waals surface area contributed by atoms with Crippen LogP contribution in [0.3, 0.4) is 0 Å². The normalized spacial score (nSPS) is 11.9. The Morgan fingerprint density at radius 3 is 2.60 bits per heavy atom. The molecule has 20 heavy (non-hydrogen) atoms. The molecule has 0 unspecified atom stereocenters. The lowest BCUT2D eigenvalue weighted by Gasteiger charge is -2.21. The average molecular weight is 339 g/mol. The maximum Gasteiger partial charge on any atom is 0.134 e. The number of pyridine rings is 1. The Bertz CT molecular complexity index is 632. The largest absolute Gasteiger partial charge is 0.384 e. The van der Waals surface area contributed by atoms with E-state index < -0.39 is 0 Å². The van der Waals surface area contributed by atoms with Crippen LogP contribution in [-0.4, -0.2) is 11.5 Å². The van der Waals surface area contributed by atoms with E-state index in [0.29, 0.717) is 10.9 Å². The van der Waals surface area contributed by atoms with Crippen molar-refractivity contribution in [1.82, 2.24) is 4.98 Å². The Hall–Kier alpha value is -1.16. The van der Waals surface area contributed by atoms with Crippen LogP contribution in [-0.2, 0) is 5.41 Å². The first-order valence-electron chi connectivity index (χ1n) is 6.87. The van der Waals surface area contributed by atoms with Gasteiger partial charge in [-0.15, -0.1) is 0 Å². The van der Waals surface area contributed by atoms with Crippen LogP contribution in [0, 0.1) is 5.82 Å². The van der Waals surface area contributed by atoms with Crippen molar-refractivity contribution in [2.24, 2.45) is 0 Å². The molecule has 0 aliphatic rings. The molecule has 1 heterocycles. The predicted molar refractivity (Wildman–Crippen MR) is 86.9 cm³/mol. The van der Waals surface area contributed by atoms with E-state index in [9.17, 15) is 4.39 Å². The Morgan fingerprint density at radius 1 is 1.30 bits per heavy atom. The fourth-order valence-corrected chi connectivity index (χ4v) is 2.47. The molecule has 0 bridgehead atoms. The minimum Gasteiger partial charge on any atom is -0.384 e. The lowest BCUT2D eigenvalue weighted by Crippen LogP contribution is -2.15. The first-order valence-corrected chi connectivity index (χ1v) is 7.67. The van der Waals surface area contributed by atoms with Crippen molar-refractivity contribution >= 4 is 32.5 Å². The van der Waals surface area contributed by atoms with E-state index in [1.54, 1.807) is 6.07 Å². The van der Waals surface area contributed by atoms with Gasteiger partial charge in [0.2, 0.25) is 0 Å². The van der Waals surface area contributed by atoms with Crippen LogP contribution in [0.1, 0.15) is 39.8 Å². The monoisotopic (exact) mass is 338 g/mol. The second-order valence-electron chi connectivity index (χ2n) is 5.98. The lowest BCUT2D eigenvalue weighted by atomic mass is 9.90. The molecule has 4 heteroatoms. The summed E-state index contributed by atoms with van der Waals surface area (Å²) < 4.78 is 15.0. The maximum atomic E-state index is 14.2. The van der Waals surface area contributed by atoms with Gasteiger partial charge in [-0.05, 0) is 40.5 Å². The number of hydrogen-bond acceptors (Lipinski definition) is 2. The molecule has 0 spiro atoms. The summed E-state index contributed by atoms with van der Waals surface area (Å²) in [6.45, 7) is 9.23. The standard InChI is InChI=1S/C16H20BrFN2/c1-5-8-19-12-9-13(16(2,3)4)20-15-10(17)6-7-11(18)14(12)15/h6-7,9H,5,8H2,1-4H3,(H,19,20). The third-order valence-corrected chi connectivity index (χ3v) is 3.83. The number of benzene rings is 1. The van der Waals surface area contributed by atoms with Crippen molar-refractivity contribution in [3.05, 3.63) is 34.2 Å². The van der Waals surface area contributed by atoms with Crippen molar-refractivity contribution in [3.8, 4) is 0 Å². The molecule has 1 aromatic heterocycles. The molecule has 108 valence electrons. The Morgan fingerprint density at radius 2 is 2.00 bits per heavy atom. The van der Waals surface area contributed by atoms with Gasteiger partial charge in [-0.2, -0.15) is 0 Å². The number of nitrogens with one attached hydrogen (secondary N) is 1. The third-order valence-electron chi connectivity index (χ3n) is 3.19. The summed E-state index contributed by atoms with van der Waals surface area (Å²) in [5, 5.41) is 3.87. The molecule has 0 fully saturated rings. The highest BCUT2D eigenvalue weighted by atomic mass is 79.9.